The second kappa shape index (κ2) is 4.11. The SMILES string of the molecule is COC(=O)C(N)C1(c2ccc(F)c(C)c2)CC1. The summed E-state index contributed by atoms with van der Waals surface area (Å²) in [5.74, 6) is -0.652. The zero-order valence-corrected chi connectivity index (χ0v) is 10.00. The predicted octanol–water partition coefficient (Wildman–Crippen LogP) is 1.67. The van der Waals surface area contributed by atoms with Crippen LogP contribution in [0, 0.1) is 12.7 Å². The van der Waals surface area contributed by atoms with E-state index in [4.69, 9.17) is 5.73 Å². The second-order valence-corrected chi connectivity index (χ2v) is 4.62. The molecule has 0 bridgehead atoms. The molecule has 1 atom stereocenters. The van der Waals surface area contributed by atoms with E-state index in [0.29, 0.717) is 5.56 Å². The highest BCUT2D eigenvalue weighted by atomic mass is 19.1. The molecule has 1 aliphatic carbocycles. The average molecular weight is 237 g/mol. The first-order chi connectivity index (χ1) is 8.01. The van der Waals surface area contributed by atoms with Gasteiger partial charge in [0.25, 0.3) is 0 Å². The van der Waals surface area contributed by atoms with Crippen molar-refractivity contribution in [1.29, 1.82) is 0 Å². The van der Waals surface area contributed by atoms with E-state index in [1.54, 1.807) is 19.1 Å². The molecule has 1 fully saturated rings. The van der Waals surface area contributed by atoms with Crippen LogP contribution < -0.4 is 5.73 Å². The van der Waals surface area contributed by atoms with Crippen LogP contribution in [0.3, 0.4) is 0 Å². The van der Waals surface area contributed by atoms with E-state index in [1.165, 1.54) is 13.2 Å². The Labute approximate surface area is 99.8 Å². The van der Waals surface area contributed by atoms with E-state index in [0.717, 1.165) is 18.4 Å². The molecule has 0 aromatic heterocycles. The lowest BCUT2D eigenvalue weighted by atomic mass is 9.87. The van der Waals surface area contributed by atoms with Gasteiger partial charge in [0.2, 0.25) is 0 Å². The zero-order chi connectivity index (χ0) is 12.6. The van der Waals surface area contributed by atoms with Gasteiger partial charge in [-0.3, -0.25) is 4.79 Å². The van der Waals surface area contributed by atoms with Gasteiger partial charge in [0.1, 0.15) is 11.9 Å². The first-order valence-electron chi connectivity index (χ1n) is 5.61. The second-order valence-electron chi connectivity index (χ2n) is 4.62. The summed E-state index contributed by atoms with van der Waals surface area (Å²) < 4.78 is 17.9. The first kappa shape index (κ1) is 12.0. The zero-order valence-electron chi connectivity index (χ0n) is 10.00. The molecule has 1 aliphatic rings. The number of esters is 1. The summed E-state index contributed by atoms with van der Waals surface area (Å²) in [6.07, 6.45) is 1.68. The number of methoxy groups -OCH3 is 1. The van der Waals surface area contributed by atoms with Crippen molar-refractivity contribution in [2.45, 2.75) is 31.2 Å². The third-order valence-electron chi connectivity index (χ3n) is 3.57. The number of hydrogen-bond acceptors (Lipinski definition) is 3. The Kier molecular flexibility index (Phi) is 2.91. The van der Waals surface area contributed by atoms with Crippen molar-refractivity contribution in [3.05, 3.63) is 35.1 Å². The number of ether oxygens (including phenoxy) is 1. The number of rotatable bonds is 3. The number of carbonyl (C=O) groups is 1. The van der Waals surface area contributed by atoms with Gasteiger partial charge < -0.3 is 10.5 Å². The lowest BCUT2D eigenvalue weighted by Crippen LogP contribution is -2.42. The van der Waals surface area contributed by atoms with Crippen molar-refractivity contribution in [1.82, 2.24) is 0 Å². The van der Waals surface area contributed by atoms with Gasteiger partial charge >= 0.3 is 5.97 Å². The third kappa shape index (κ3) is 1.93. The fourth-order valence-electron chi connectivity index (χ4n) is 2.22. The van der Waals surface area contributed by atoms with Gasteiger partial charge in [-0.25, -0.2) is 4.39 Å². The Morgan fingerprint density at radius 1 is 1.53 bits per heavy atom. The van der Waals surface area contributed by atoms with Gasteiger partial charge in [0, 0.05) is 5.41 Å². The minimum atomic E-state index is -0.669. The standard InChI is InChI=1S/C13H16FNO2/c1-8-7-9(3-4-10(8)14)13(5-6-13)11(15)12(16)17-2/h3-4,7,11H,5-6,15H2,1-2H3. The van der Waals surface area contributed by atoms with Crippen molar-refractivity contribution in [3.8, 4) is 0 Å². The van der Waals surface area contributed by atoms with E-state index >= 15 is 0 Å². The van der Waals surface area contributed by atoms with Crippen LogP contribution in [0.4, 0.5) is 4.39 Å². The molecule has 0 aliphatic heterocycles. The molecule has 1 unspecified atom stereocenters. The lowest BCUT2D eigenvalue weighted by Gasteiger charge is -2.22. The largest absolute Gasteiger partial charge is 0.468 e. The average Bonchev–Trinajstić information content (AvgIpc) is 3.12. The molecule has 1 aromatic rings. The quantitative estimate of drug-likeness (QED) is 0.813. The normalized spacial score (nSPS) is 18.6. The van der Waals surface area contributed by atoms with Crippen LogP contribution in [0.2, 0.25) is 0 Å². The Hall–Kier alpha value is -1.42. The van der Waals surface area contributed by atoms with Gasteiger partial charge in [-0.05, 0) is 37.0 Å². The summed E-state index contributed by atoms with van der Waals surface area (Å²) >= 11 is 0. The molecule has 0 spiro atoms. The van der Waals surface area contributed by atoms with Crippen LogP contribution >= 0.6 is 0 Å². The minimum Gasteiger partial charge on any atom is -0.468 e. The monoisotopic (exact) mass is 237 g/mol. The molecular weight excluding hydrogens is 221 g/mol. The summed E-state index contributed by atoms with van der Waals surface area (Å²) in [7, 11) is 1.33. The van der Waals surface area contributed by atoms with E-state index in [1.807, 2.05) is 0 Å². The van der Waals surface area contributed by atoms with E-state index in [9.17, 15) is 9.18 Å². The van der Waals surface area contributed by atoms with Crippen LogP contribution in [0.1, 0.15) is 24.0 Å². The Balaban J connectivity index is 2.32. The predicted molar refractivity (Wildman–Crippen MR) is 62.0 cm³/mol. The van der Waals surface area contributed by atoms with Gasteiger partial charge in [0.15, 0.2) is 0 Å². The number of hydrogen-bond donors (Lipinski definition) is 1. The van der Waals surface area contributed by atoms with E-state index in [2.05, 4.69) is 4.74 Å². The Morgan fingerprint density at radius 2 is 2.18 bits per heavy atom. The summed E-state index contributed by atoms with van der Waals surface area (Å²) in [6.45, 7) is 1.71. The van der Waals surface area contributed by atoms with Gasteiger partial charge in [-0.15, -0.1) is 0 Å². The minimum absolute atomic E-state index is 0.240. The summed E-state index contributed by atoms with van der Waals surface area (Å²) in [6, 6.07) is 4.23. The summed E-state index contributed by atoms with van der Waals surface area (Å²) in [4.78, 5) is 11.5. The molecule has 1 saturated carbocycles. The van der Waals surface area contributed by atoms with Gasteiger partial charge in [0.05, 0.1) is 7.11 Å². The van der Waals surface area contributed by atoms with Crippen molar-refractivity contribution >= 4 is 5.97 Å². The van der Waals surface area contributed by atoms with E-state index < -0.39 is 12.0 Å². The molecule has 0 radical (unpaired) electrons. The van der Waals surface area contributed by atoms with Crippen molar-refractivity contribution < 1.29 is 13.9 Å². The maximum absolute atomic E-state index is 13.2. The van der Waals surface area contributed by atoms with Crippen molar-refractivity contribution in [2.24, 2.45) is 5.73 Å². The molecule has 92 valence electrons. The summed E-state index contributed by atoms with van der Waals surface area (Å²) in [5.41, 5.74) is 7.06. The molecule has 4 heteroatoms. The van der Waals surface area contributed by atoms with Crippen LogP contribution in [-0.2, 0) is 14.9 Å². The maximum atomic E-state index is 13.2. The highest BCUT2D eigenvalue weighted by Crippen LogP contribution is 2.50. The topological polar surface area (TPSA) is 52.3 Å². The molecule has 2 rings (SSSR count). The number of aryl methyl sites for hydroxylation is 1. The van der Waals surface area contributed by atoms with E-state index in [-0.39, 0.29) is 11.2 Å². The lowest BCUT2D eigenvalue weighted by molar-refractivity contribution is -0.143. The molecule has 0 saturated heterocycles. The molecule has 1 aromatic carbocycles. The van der Waals surface area contributed by atoms with Gasteiger partial charge in [-0.2, -0.15) is 0 Å². The van der Waals surface area contributed by atoms with Crippen molar-refractivity contribution in [3.63, 3.8) is 0 Å². The first-order valence-corrected chi connectivity index (χ1v) is 5.61. The molecule has 2 N–H and O–H groups in total. The third-order valence-corrected chi connectivity index (χ3v) is 3.57. The highest BCUT2D eigenvalue weighted by molar-refractivity contribution is 5.78. The molecule has 17 heavy (non-hydrogen) atoms. The number of benzene rings is 1. The number of halogens is 1. The smallest absolute Gasteiger partial charge is 0.323 e. The van der Waals surface area contributed by atoms with Crippen LogP contribution in [0.15, 0.2) is 18.2 Å². The molecule has 3 nitrogen and oxygen atoms in total. The fourth-order valence-corrected chi connectivity index (χ4v) is 2.22. The molecule has 0 amide bonds. The van der Waals surface area contributed by atoms with Gasteiger partial charge in [-0.1, -0.05) is 12.1 Å². The van der Waals surface area contributed by atoms with Crippen molar-refractivity contribution in [2.75, 3.05) is 7.11 Å². The molecular formula is C13H16FNO2. The number of nitrogens with two attached hydrogens (primary N) is 1. The maximum Gasteiger partial charge on any atom is 0.323 e. The van der Waals surface area contributed by atoms with Crippen LogP contribution in [0.5, 0.6) is 0 Å². The van der Waals surface area contributed by atoms with Crippen LogP contribution in [0.25, 0.3) is 0 Å². The summed E-state index contributed by atoms with van der Waals surface area (Å²) in [5, 5.41) is 0. The number of carbonyl (C=O) groups excluding carboxylic acids is 1. The Morgan fingerprint density at radius 3 is 2.65 bits per heavy atom. The fraction of sp³-hybridized carbons (Fsp3) is 0.462. The van der Waals surface area contributed by atoms with Crippen LogP contribution in [-0.4, -0.2) is 19.1 Å². The Bertz CT molecular complexity index is 455. The molecule has 0 heterocycles. The highest BCUT2D eigenvalue weighted by Gasteiger charge is 2.52.